The zero-order chi connectivity index (χ0) is 12.3. The largest absolute Gasteiger partial charge is 0.310 e. The molecule has 88 valence electrons. The predicted octanol–water partition coefficient (Wildman–Crippen LogP) is 0.00940. The van der Waals surface area contributed by atoms with Crippen molar-refractivity contribution in [3.8, 4) is 0 Å². The third kappa shape index (κ3) is 2.31. The van der Waals surface area contributed by atoms with Crippen LogP contribution in [0.4, 0.5) is 0 Å². The van der Waals surface area contributed by atoms with Gasteiger partial charge in [-0.25, -0.2) is 5.84 Å². The van der Waals surface area contributed by atoms with Crippen LogP contribution < -0.4 is 11.3 Å². The van der Waals surface area contributed by atoms with Crippen LogP contribution in [-0.2, 0) is 13.5 Å². The summed E-state index contributed by atoms with van der Waals surface area (Å²) in [6.45, 7) is 0. The molecule has 0 radical (unpaired) electrons. The number of nitrogens with two attached hydrogens (primary N) is 1. The number of rotatable bonds is 3. The summed E-state index contributed by atoms with van der Waals surface area (Å²) in [5.74, 6) is 5.53. The number of hydrogen-bond donors (Lipinski definition) is 2. The molecule has 0 spiro atoms. The summed E-state index contributed by atoms with van der Waals surface area (Å²) in [4.78, 5) is 11.3. The fourth-order valence-corrected chi connectivity index (χ4v) is 1.56. The fourth-order valence-electron chi connectivity index (χ4n) is 1.56. The molecule has 3 N–H and O–H groups in total. The number of benzene rings is 1. The summed E-state index contributed by atoms with van der Waals surface area (Å²) in [6, 6.07) is 9.86. The number of carbonyl (C=O) groups is 1. The number of hydrogen-bond acceptors (Lipinski definition) is 4. The minimum atomic E-state index is -0.445. The Kier molecular flexibility index (Phi) is 3.15. The van der Waals surface area contributed by atoms with Crippen molar-refractivity contribution in [3.05, 3.63) is 47.5 Å². The van der Waals surface area contributed by atoms with Crippen molar-refractivity contribution in [2.45, 2.75) is 6.42 Å². The summed E-state index contributed by atoms with van der Waals surface area (Å²) in [6.07, 6.45) is 0.627. The van der Waals surface area contributed by atoms with E-state index in [0.717, 1.165) is 11.4 Å². The number of nitrogen functional groups attached to an aromatic ring is 1. The first-order valence-electron chi connectivity index (χ1n) is 5.15. The van der Waals surface area contributed by atoms with E-state index < -0.39 is 5.91 Å². The molecule has 6 nitrogen and oxygen atoms in total. The maximum absolute atomic E-state index is 11.3. The highest BCUT2D eigenvalue weighted by Crippen LogP contribution is 2.07. The van der Waals surface area contributed by atoms with Crippen molar-refractivity contribution in [3.63, 3.8) is 0 Å². The van der Waals surface area contributed by atoms with E-state index in [4.69, 9.17) is 5.84 Å². The van der Waals surface area contributed by atoms with Crippen LogP contribution in [-0.4, -0.2) is 20.7 Å². The molecular weight excluding hydrogens is 218 g/mol. The molecule has 0 aliphatic heterocycles. The molecule has 17 heavy (non-hydrogen) atoms. The predicted molar refractivity (Wildman–Crippen MR) is 61.9 cm³/mol. The molecule has 0 aliphatic carbocycles. The number of aromatic nitrogens is 3. The second kappa shape index (κ2) is 4.75. The zero-order valence-electron chi connectivity index (χ0n) is 9.42. The highest BCUT2D eigenvalue weighted by Gasteiger charge is 2.14. The minimum absolute atomic E-state index is 0.207. The Labute approximate surface area is 98.4 Å². The topological polar surface area (TPSA) is 85.8 Å². The van der Waals surface area contributed by atoms with E-state index in [-0.39, 0.29) is 5.82 Å². The third-order valence-electron chi connectivity index (χ3n) is 2.50. The number of hydrazine groups is 1. The van der Waals surface area contributed by atoms with Crippen molar-refractivity contribution < 1.29 is 4.79 Å². The van der Waals surface area contributed by atoms with Crippen molar-refractivity contribution in [2.75, 3.05) is 0 Å². The second-order valence-electron chi connectivity index (χ2n) is 3.63. The van der Waals surface area contributed by atoms with Gasteiger partial charge in [0.2, 0.25) is 5.82 Å². The lowest BCUT2D eigenvalue weighted by molar-refractivity contribution is 0.0939. The molecule has 1 aromatic carbocycles. The van der Waals surface area contributed by atoms with E-state index >= 15 is 0 Å². The van der Waals surface area contributed by atoms with Crippen LogP contribution in [0.15, 0.2) is 30.3 Å². The van der Waals surface area contributed by atoms with Crippen LogP contribution in [0, 0.1) is 0 Å². The van der Waals surface area contributed by atoms with Crippen LogP contribution in [0.2, 0.25) is 0 Å². The van der Waals surface area contributed by atoms with E-state index in [1.807, 2.05) is 35.8 Å². The highest BCUT2D eigenvalue weighted by atomic mass is 16.2. The van der Waals surface area contributed by atoms with Crippen LogP contribution >= 0.6 is 0 Å². The van der Waals surface area contributed by atoms with Crippen molar-refractivity contribution in [1.29, 1.82) is 0 Å². The molecule has 6 heteroatoms. The molecule has 0 bridgehead atoms. The van der Waals surface area contributed by atoms with Gasteiger partial charge in [-0.05, 0) is 5.56 Å². The molecule has 0 saturated heterocycles. The average molecular weight is 231 g/mol. The average Bonchev–Trinajstić information content (AvgIpc) is 2.72. The van der Waals surface area contributed by atoms with Gasteiger partial charge in [-0.2, -0.15) is 0 Å². The van der Waals surface area contributed by atoms with Gasteiger partial charge in [0.05, 0.1) is 0 Å². The summed E-state index contributed by atoms with van der Waals surface area (Å²) in [7, 11) is 1.74. The molecular formula is C11H13N5O. The van der Waals surface area contributed by atoms with Crippen molar-refractivity contribution in [2.24, 2.45) is 12.9 Å². The molecule has 1 aromatic heterocycles. The highest BCUT2D eigenvalue weighted by molar-refractivity contribution is 5.90. The summed E-state index contributed by atoms with van der Waals surface area (Å²) >= 11 is 0. The quantitative estimate of drug-likeness (QED) is 0.442. The summed E-state index contributed by atoms with van der Waals surface area (Å²) in [5, 5.41) is 7.78. The maximum Gasteiger partial charge on any atom is 0.303 e. The number of carbonyl (C=O) groups excluding carboxylic acids is 1. The van der Waals surface area contributed by atoms with E-state index in [0.29, 0.717) is 6.42 Å². The fraction of sp³-hybridized carbons (Fsp3) is 0.182. The lowest BCUT2D eigenvalue weighted by Gasteiger charge is -2.02. The summed E-state index contributed by atoms with van der Waals surface area (Å²) < 4.78 is 1.63. The molecule has 1 heterocycles. The third-order valence-corrected chi connectivity index (χ3v) is 2.50. The summed E-state index contributed by atoms with van der Waals surface area (Å²) in [5.41, 5.74) is 3.15. The van der Waals surface area contributed by atoms with Crippen LogP contribution in [0.3, 0.4) is 0 Å². The SMILES string of the molecule is Cn1c(Cc2ccccc2)nnc1C(=O)NN. The van der Waals surface area contributed by atoms with E-state index in [2.05, 4.69) is 10.2 Å². The zero-order valence-corrected chi connectivity index (χ0v) is 9.42. The van der Waals surface area contributed by atoms with Crippen LogP contribution in [0.1, 0.15) is 22.0 Å². The Hall–Kier alpha value is -2.21. The molecule has 2 aromatic rings. The first kappa shape index (κ1) is 11.3. The van der Waals surface area contributed by atoms with E-state index in [1.54, 1.807) is 11.6 Å². The van der Waals surface area contributed by atoms with Gasteiger partial charge in [-0.3, -0.25) is 10.2 Å². The Balaban J connectivity index is 2.24. The maximum atomic E-state index is 11.3. The molecule has 0 aliphatic rings. The number of nitrogens with zero attached hydrogens (tertiary/aromatic N) is 3. The first-order chi connectivity index (χ1) is 8.22. The molecule has 0 fully saturated rings. The molecule has 2 rings (SSSR count). The normalized spacial score (nSPS) is 10.2. The van der Waals surface area contributed by atoms with Crippen molar-refractivity contribution in [1.82, 2.24) is 20.2 Å². The van der Waals surface area contributed by atoms with Gasteiger partial charge in [0, 0.05) is 13.5 Å². The van der Waals surface area contributed by atoms with Crippen LogP contribution in [0.5, 0.6) is 0 Å². The Morgan fingerprint density at radius 3 is 2.71 bits per heavy atom. The van der Waals surface area contributed by atoms with Gasteiger partial charge in [-0.15, -0.1) is 10.2 Å². The smallest absolute Gasteiger partial charge is 0.303 e. The second-order valence-corrected chi connectivity index (χ2v) is 3.63. The standard InChI is InChI=1S/C11H13N5O/c1-16-9(7-8-5-3-2-4-6-8)14-15-10(16)11(17)13-12/h2-6H,7,12H2,1H3,(H,13,17). The van der Waals surface area contributed by atoms with Crippen molar-refractivity contribution >= 4 is 5.91 Å². The number of nitrogens with one attached hydrogen (secondary N) is 1. The van der Waals surface area contributed by atoms with Gasteiger partial charge >= 0.3 is 5.91 Å². The van der Waals surface area contributed by atoms with E-state index in [1.165, 1.54) is 0 Å². The van der Waals surface area contributed by atoms with Gasteiger partial charge in [0.15, 0.2) is 0 Å². The van der Waals surface area contributed by atoms with Gasteiger partial charge in [0.1, 0.15) is 5.82 Å². The first-order valence-corrected chi connectivity index (χ1v) is 5.15. The lowest BCUT2D eigenvalue weighted by atomic mass is 10.1. The van der Waals surface area contributed by atoms with Gasteiger partial charge in [-0.1, -0.05) is 30.3 Å². The minimum Gasteiger partial charge on any atom is -0.310 e. The van der Waals surface area contributed by atoms with Gasteiger partial charge < -0.3 is 4.57 Å². The molecule has 0 saturated carbocycles. The Morgan fingerprint density at radius 1 is 1.35 bits per heavy atom. The molecule has 0 unspecified atom stereocenters. The number of amides is 1. The Bertz CT molecular complexity index is 520. The monoisotopic (exact) mass is 231 g/mol. The van der Waals surface area contributed by atoms with Crippen LogP contribution in [0.25, 0.3) is 0 Å². The van der Waals surface area contributed by atoms with Gasteiger partial charge in [0.25, 0.3) is 0 Å². The molecule has 0 atom stereocenters. The Morgan fingerprint density at radius 2 is 2.06 bits per heavy atom. The lowest BCUT2D eigenvalue weighted by Crippen LogP contribution is -2.32. The molecule has 1 amide bonds. The van der Waals surface area contributed by atoms with E-state index in [9.17, 15) is 4.79 Å².